The van der Waals surface area contributed by atoms with E-state index >= 15 is 0 Å². The van der Waals surface area contributed by atoms with Crippen LogP contribution in [0.25, 0.3) is 10.2 Å². The highest BCUT2D eigenvalue weighted by Crippen LogP contribution is 2.41. The quantitative estimate of drug-likeness (QED) is 0.453. The van der Waals surface area contributed by atoms with Gasteiger partial charge in [0.25, 0.3) is 0 Å². The molecule has 1 aliphatic rings. The molecule has 0 spiro atoms. The van der Waals surface area contributed by atoms with Crippen LogP contribution in [0.1, 0.15) is 35.2 Å². The Kier molecular flexibility index (Phi) is 4.31. The van der Waals surface area contributed by atoms with Crippen molar-refractivity contribution >= 4 is 33.3 Å². The first-order valence-corrected chi connectivity index (χ1v) is 10.1. The Labute approximate surface area is 149 Å². The third-order valence-corrected chi connectivity index (χ3v) is 6.69. The number of nitrogens with zero attached hydrogens (tertiary/aromatic N) is 2. The van der Waals surface area contributed by atoms with Crippen molar-refractivity contribution in [2.45, 2.75) is 43.9 Å². The van der Waals surface area contributed by atoms with Gasteiger partial charge in [-0.05, 0) is 55.4 Å². The fourth-order valence-corrected chi connectivity index (χ4v) is 5.83. The summed E-state index contributed by atoms with van der Waals surface area (Å²) in [5.41, 5.74) is 2.44. The van der Waals surface area contributed by atoms with Gasteiger partial charge in [0.2, 0.25) is 0 Å². The molecule has 0 amide bonds. The van der Waals surface area contributed by atoms with Crippen molar-refractivity contribution in [2.75, 3.05) is 0 Å². The molecule has 0 fully saturated rings. The van der Waals surface area contributed by atoms with E-state index in [4.69, 9.17) is 4.98 Å². The Bertz CT molecular complexity index is 904. The molecule has 0 N–H and O–H groups in total. The molecule has 1 aliphatic carbocycles. The molecule has 3 aromatic rings. The normalized spacial score (nSPS) is 17.2. The fourth-order valence-electron chi connectivity index (χ4n) is 3.29. The molecular weight excluding hydrogens is 339 g/mol. The zero-order valence-electron chi connectivity index (χ0n) is 13.8. The molecule has 124 valence electrons. The third-order valence-electron chi connectivity index (χ3n) is 4.50. The minimum atomic E-state index is -0.181. The molecule has 0 saturated carbocycles. The summed E-state index contributed by atoms with van der Waals surface area (Å²) in [5, 5.41) is 2.29. The second-order valence-electron chi connectivity index (χ2n) is 6.53. The van der Waals surface area contributed by atoms with Gasteiger partial charge in [-0.1, -0.05) is 19.1 Å². The molecule has 5 heteroatoms. The second-order valence-corrected chi connectivity index (χ2v) is 8.57. The summed E-state index contributed by atoms with van der Waals surface area (Å²) in [6, 6.07) is 6.81. The van der Waals surface area contributed by atoms with Crippen LogP contribution in [0.5, 0.6) is 0 Å². The van der Waals surface area contributed by atoms with Gasteiger partial charge in [0.15, 0.2) is 0 Å². The van der Waals surface area contributed by atoms with Crippen LogP contribution in [0, 0.1) is 18.7 Å². The molecule has 0 saturated heterocycles. The van der Waals surface area contributed by atoms with Crippen LogP contribution in [0.2, 0.25) is 0 Å². The van der Waals surface area contributed by atoms with E-state index < -0.39 is 0 Å². The van der Waals surface area contributed by atoms with Crippen LogP contribution >= 0.6 is 23.1 Å². The average molecular weight is 359 g/mol. The lowest BCUT2D eigenvalue weighted by atomic mass is 9.89. The third kappa shape index (κ3) is 3.07. The molecule has 2 aromatic heterocycles. The van der Waals surface area contributed by atoms with Crippen molar-refractivity contribution in [3.05, 3.63) is 51.9 Å². The maximum Gasteiger partial charge on any atom is 0.128 e. The van der Waals surface area contributed by atoms with E-state index in [1.807, 2.05) is 24.3 Å². The number of aryl methyl sites for hydroxylation is 2. The summed E-state index contributed by atoms with van der Waals surface area (Å²) in [6.07, 6.45) is 3.51. The molecule has 0 radical (unpaired) electrons. The topological polar surface area (TPSA) is 25.8 Å². The molecule has 1 aromatic carbocycles. The first-order valence-electron chi connectivity index (χ1n) is 8.26. The minimum absolute atomic E-state index is 0.181. The van der Waals surface area contributed by atoms with Gasteiger partial charge in [0, 0.05) is 16.0 Å². The summed E-state index contributed by atoms with van der Waals surface area (Å²) in [6.45, 7) is 4.27. The van der Waals surface area contributed by atoms with Gasteiger partial charge in [0.05, 0.1) is 0 Å². The maximum absolute atomic E-state index is 13.4. The van der Waals surface area contributed by atoms with Gasteiger partial charge in [-0.3, -0.25) is 0 Å². The molecule has 2 nitrogen and oxygen atoms in total. The van der Waals surface area contributed by atoms with E-state index in [2.05, 4.69) is 11.9 Å². The van der Waals surface area contributed by atoms with E-state index in [1.54, 1.807) is 23.9 Å². The van der Waals surface area contributed by atoms with Crippen molar-refractivity contribution in [3.8, 4) is 0 Å². The van der Waals surface area contributed by atoms with Gasteiger partial charge in [-0.15, -0.1) is 23.1 Å². The summed E-state index contributed by atoms with van der Waals surface area (Å²) >= 11 is 3.52. The smallest absolute Gasteiger partial charge is 0.128 e. The van der Waals surface area contributed by atoms with E-state index in [9.17, 15) is 4.39 Å². The highest BCUT2D eigenvalue weighted by molar-refractivity contribution is 7.98. The van der Waals surface area contributed by atoms with E-state index in [1.165, 1.54) is 28.3 Å². The number of rotatable bonds is 3. The Hall–Kier alpha value is -1.46. The lowest BCUT2D eigenvalue weighted by molar-refractivity contribution is 0.509. The summed E-state index contributed by atoms with van der Waals surface area (Å²) in [7, 11) is 0. The predicted molar refractivity (Wildman–Crippen MR) is 99.3 cm³/mol. The zero-order chi connectivity index (χ0) is 16.7. The lowest BCUT2D eigenvalue weighted by Gasteiger charge is -2.18. The second kappa shape index (κ2) is 6.45. The van der Waals surface area contributed by atoms with Crippen molar-refractivity contribution in [2.24, 2.45) is 5.92 Å². The van der Waals surface area contributed by atoms with Crippen molar-refractivity contribution in [3.63, 3.8) is 0 Å². The standard InChI is InChI=1S/C19H19FN2S2/c1-11-6-7-15-16(8-11)24-19-17(15)18(21-12(2)22-19)23-10-13-4-3-5-14(20)9-13/h3-5,9,11H,6-8,10H2,1-2H3. The van der Waals surface area contributed by atoms with Crippen LogP contribution in [-0.4, -0.2) is 9.97 Å². The van der Waals surface area contributed by atoms with Crippen molar-refractivity contribution in [1.29, 1.82) is 0 Å². The molecule has 0 bridgehead atoms. The molecule has 4 rings (SSSR count). The monoisotopic (exact) mass is 358 g/mol. The Morgan fingerprint density at radius 1 is 1.33 bits per heavy atom. The summed E-state index contributed by atoms with van der Waals surface area (Å²) in [4.78, 5) is 12.0. The Morgan fingerprint density at radius 2 is 2.21 bits per heavy atom. The van der Waals surface area contributed by atoms with Crippen LogP contribution in [-0.2, 0) is 18.6 Å². The lowest BCUT2D eigenvalue weighted by Crippen LogP contribution is -2.08. The van der Waals surface area contributed by atoms with Crippen LogP contribution in [0.15, 0.2) is 29.3 Å². The number of fused-ring (bicyclic) bond motifs is 3. The highest BCUT2D eigenvalue weighted by Gasteiger charge is 2.23. The first kappa shape index (κ1) is 16.0. The van der Waals surface area contributed by atoms with Crippen LogP contribution in [0.3, 0.4) is 0 Å². The van der Waals surface area contributed by atoms with Crippen LogP contribution < -0.4 is 0 Å². The minimum Gasteiger partial charge on any atom is -0.226 e. The molecule has 1 atom stereocenters. The average Bonchev–Trinajstić information content (AvgIpc) is 2.89. The maximum atomic E-state index is 13.4. The van der Waals surface area contributed by atoms with Gasteiger partial charge in [-0.2, -0.15) is 0 Å². The number of hydrogen-bond donors (Lipinski definition) is 0. The number of hydrogen-bond acceptors (Lipinski definition) is 4. The van der Waals surface area contributed by atoms with E-state index in [-0.39, 0.29) is 5.82 Å². The molecular formula is C19H19FN2S2. The molecule has 2 heterocycles. The number of aromatic nitrogens is 2. The molecule has 0 aliphatic heterocycles. The van der Waals surface area contributed by atoms with E-state index in [0.29, 0.717) is 0 Å². The number of thiophene rings is 1. The Balaban J connectivity index is 1.71. The van der Waals surface area contributed by atoms with Gasteiger partial charge < -0.3 is 0 Å². The van der Waals surface area contributed by atoms with E-state index in [0.717, 1.165) is 45.8 Å². The summed E-state index contributed by atoms with van der Waals surface area (Å²) in [5.74, 6) is 2.11. The fraction of sp³-hybridized carbons (Fsp3) is 0.368. The van der Waals surface area contributed by atoms with Gasteiger partial charge in [0.1, 0.15) is 21.5 Å². The van der Waals surface area contributed by atoms with Gasteiger partial charge in [-0.25, -0.2) is 14.4 Å². The zero-order valence-corrected chi connectivity index (χ0v) is 15.4. The number of halogens is 1. The van der Waals surface area contributed by atoms with Crippen molar-refractivity contribution in [1.82, 2.24) is 9.97 Å². The number of thioether (sulfide) groups is 1. The largest absolute Gasteiger partial charge is 0.226 e. The molecule has 1 unspecified atom stereocenters. The predicted octanol–water partition coefficient (Wildman–Crippen LogP) is 5.56. The first-order chi connectivity index (χ1) is 11.6. The summed E-state index contributed by atoms with van der Waals surface area (Å²) < 4.78 is 13.4. The highest BCUT2D eigenvalue weighted by atomic mass is 32.2. The SMILES string of the molecule is Cc1nc(SCc2cccc(F)c2)c2c3c(sc2n1)CC(C)CC3. The van der Waals surface area contributed by atoms with Crippen molar-refractivity contribution < 1.29 is 4.39 Å². The molecule has 24 heavy (non-hydrogen) atoms. The van der Waals surface area contributed by atoms with Crippen LogP contribution in [0.4, 0.5) is 4.39 Å². The number of benzene rings is 1. The Morgan fingerprint density at radius 3 is 3.04 bits per heavy atom. The van der Waals surface area contributed by atoms with Gasteiger partial charge >= 0.3 is 0 Å².